The van der Waals surface area contributed by atoms with Crippen LogP contribution < -0.4 is 5.73 Å². The Morgan fingerprint density at radius 2 is 2.38 bits per heavy atom. The van der Waals surface area contributed by atoms with Crippen molar-refractivity contribution in [3.63, 3.8) is 0 Å². The first-order valence-corrected chi connectivity index (χ1v) is 4.97. The van der Waals surface area contributed by atoms with Gasteiger partial charge in [-0.1, -0.05) is 5.16 Å². The van der Waals surface area contributed by atoms with Gasteiger partial charge in [-0.2, -0.15) is 4.98 Å². The third-order valence-electron chi connectivity index (χ3n) is 2.30. The van der Waals surface area contributed by atoms with E-state index in [2.05, 4.69) is 10.1 Å². The molecule has 0 bridgehead atoms. The zero-order chi connectivity index (χ0) is 11.5. The second kappa shape index (κ2) is 4.46. The molecule has 0 aliphatic heterocycles. The Labute approximate surface area is 92.1 Å². The molecule has 0 saturated carbocycles. The molecule has 2 aromatic heterocycles. The SMILES string of the molecule is Cc1occc1-c1noc(C(N)CCO)n1. The van der Waals surface area contributed by atoms with Crippen molar-refractivity contribution in [1.29, 1.82) is 0 Å². The number of hydrogen-bond donors (Lipinski definition) is 2. The van der Waals surface area contributed by atoms with Gasteiger partial charge in [0.15, 0.2) is 0 Å². The first kappa shape index (κ1) is 10.8. The number of furan rings is 1. The van der Waals surface area contributed by atoms with E-state index in [1.807, 2.05) is 6.92 Å². The van der Waals surface area contributed by atoms with Gasteiger partial charge >= 0.3 is 0 Å². The van der Waals surface area contributed by atoms with E-state index >= 15 is 0 Å². The average molecular weight is 223 g/mol. The molecule has 0 aromatic carbocycles. The molecule has 3 N–H and O–H groups in total. The van der Waals surface area contributed by atoms with Crippen LogP contribution in [0.4, 0.5) is 0 Å². The van der Waals surface area contributed by atoms with Crippen LogP contribution in [0.25, 0.3) is 11.4 Å². The fourth-order valence-corrected chi connectivity index (χ4v) is 1.37. The topological polar surface area (TPSA) is 98.3 Å². The molecule has 0 aliphatic rings. The predicted molar refractivity (Wildman–Crippen MR) is 55.4 cm³/mol. The second-order valence-corrected chi connectivity index (χ2v) is 3.47. The maximum atomic E-state index is 8.75. The molecule has 0 fully saturated rings. The van der Waals surface area contributed by atoms with Crippen LogP contribution in [0, 0.1) is 6.92 Å². The first-order chi connectivity index (χ1) is 7.72. The molecular formula is C10H13N3O3. The van der Waals surface area contributed by atoms with E-state index in [1.165, 1.54) is 0 Å². The molecule has 0 saturated heterocycles. The molecule has 2 aromatic rings. The van der Waals surface area contributed by atoms with E-state index in [9.17, 15) is 0 Å². The van der Waals surface area contributed by atoms with Crippen molar-refractivity contribution in [2.45, 2.75) is 19.4 Å². The standard InChI is InChI=1S/C10H13N3O3/c1-6-7(3-5-15-6)9-12-10(16-13-9)8(11)2-4-14/h3,5,8,14H,2,4,11H2,1H3. The molecular weight excluding hydrogens is 210 g/mol. The van der Waals surface area contributed by atoms with E-state index < -0.39 is 6.04 Å². The van der Waals surface area contributed by atoms with Crippen molar-refractivity contribution in [3.8, 4) is 11.4 Å². The third kappa shape index (κ3) is 1.98. The Morgan fingerprint density at radius 3 is 3.00 bits per heavy atom. The number of aliphatic hydroxyl groups is 1. The van der Waals surface area contributed by atoms with Gasteiger partial charge < -0.3 is 19.8 Å². The minimum absolute atomic E-state index is 0.0103. The van der Waals surface area contributed by atoms with Gasteiger partial charge in [-0.15, -0.1) is 0 Å². The fourth-order valence-electron chi connectivity index (χ4n) is 1.37. The maximum absolute atomic E-state index is 8.75. The summed E-state index contributed by atoms with van der Waals surface area (Å²) < 4.78 is 10.2. The Kier molecular flexibility index (Phi) is 3.02. The highest BCUT2D eigenvalue weighted by atomic mass is 16.5. The lowest BCUT2D eigenvalue weighted by Crippen LogP contribution is -2.12. The Hall–Kier alpha value is -1.66. The van der Waals surface area contributed by atoms with Crippen molar-refractivity contribution in [2.24, 2.45) is 5.73 Å². The Balaban J connectivity index is 2.23. The van der Waals surface area contributed by atoms with Crippen LogP contribution in [-0.4, -0.2) is 21.9 Å². The van der Waals surface area contributed by atoms with Crippen molar-refractivity contribution < 1.29 is 14.0 Å². The number of hydrogen-bond acceptors (Lipinski definition) is 6. The normalized spacial score (nSPS) is 12.9. The van der Waals surface area contributed by atoms with Crippen LogP contribution >= 0.6 is 0 Å². The molecule has 2 heterocycles. The highest BCUT2D eigenvalue weighted by Crippen LogP contribution is 2.22. The Bertz CT molecular complexity index is 463. The summed E-state index contributed by atoms with van der Waals surface area (Å²) >= 11 is 0. The summed E-state index contributed by atoms with van der Waals surface area (Å²) in [6.45, 7) is 1.81. The summed E-state index contributed by atoms with van der Waals surface area (Å²) in [6, 6.07) is 1.33. The molecule has 6 heteroatoms. The molecule has 86 valence electrons. The van der Waals surface area contributed by atoms with Crippen LogP contribution in [0.5, 0.6) is 0 Å². The number of aryl methyl sites for hydroxylation is 1. The highest BCUT2D eigenvalue weighted by molar-refractivity contribution is 5.56. The quantitative estimate of drug-likeness (QED) is 0.802. The van der Waals surface area contributed by atoms with Crippen molar-refractivity contribution >= 4 is 0 Å². The monoisotopic (exact) mass is 223 g/mol. The minimum atomic E-state index is -0.432. The van der Waals surface area contributed by atoms with Crippen molar-refractivity contribution in [3.05, 3.63) is 24.0 Å². The van der Waals surface area contributed by atoms with Crippen LogP contribution in [0.2, 0.25) is 0 Å². The van der Waals surface area contributed by atoms with Gasteiger partial charge in [0.1, 0.15) is 5.76 Å². The molecule has 0 spiro atoms. The molecule has 1 unspecified atom stereocenters. The lowest BCUT2D eigenvalue weighted by Gasteiger charge is -2.01. The van der Waals surface area contributed by atoms with Gasteiger partial charge in [-0.3, -0.25) is 0 Å². The summed E-state index contributed by atoms with van der Waals surface area (Å²) in [5, 5.41) is 12.6. The summed E-state index contributed by atoms with van der Waals surface area (Å²) in [4.78, 5) is 4.16. The van der Waals surface area contributed by atoms with Crippen molar-refractivity contribution in [1.82, 2.24) is 10.1 Å². The third-order valence-corrected chi connectivity index (χ3v) is 2.30. The molecule has 6 nitrogen and oxygen atoms in total. The maximum Gasteiger partial charge on any atom is 0.243 e. The van der Waals surface area contributed by atoms with Gasteiger partial charge in [0.05, 0.1) is 17.9 Å². The van der Waals surface area contributed by atoms with Gasteiger partial charge in [0.2, 0.25) is 11.7 Å². The van der Waals surface area contributed by atoms with Crippen molar-refractivity contribution in [2.75, 3.05) is 6.61 Å². The van der Waals surface area contributed by atoms with E-state index in [0.29, 0.717) is 18.1 Å². The summed E-state index contributed by atoms with van der Waals surface area (Å²) in [7, 11) is 0. The molecule has 1 atom stereocenters. The van der Waals surface area contributed by atoms with Crippen LogP contribution in [0.1, 0.15) is 24.1 Å². The summed E-state index contributed by atoms with van der Waals surface area (Å²) in [6.07, 6.45) is 1.96. The fraction of sp³-hybridized carbons (Fsp3) is 0.400. The first-order valence-electron chi connectivity index (χ1n) is 4.97. The highest BCUT2D eigenvalue weighted by Gasteiger charge is 2.17. The van der Waals surface area contributed by atoms with Gasteiger partial charge in [-0.05, 0) is 19.4 Å². The predicted octanol–water partition coefficient (Wildman–Crippen LogP) is 1.02. The van der Waals surface area contributed by atoms with Crippen LogP contribution in [-0.2, 0) is 0 Å². The van der Waals surface area contributed by atoms with E-state index in [0.717, 1.165) is 11.3 Å². The van der Waals surface area contributed by atoms with E-state index in [1.54, 1.807) is 12.3 Å². The van der Waals surface area contributed by atoms with Gasteiger partial charge in [0.25, 0.3) is 0 Å². The number of nitrogens with zero attached hydrogens (tertiary/aromatic N) is 2. The van der Waals surface area contributed by atoms with Gasteiger partial charge in [-0.25, -0.2) is 0 Å². The summed E-state index contributed by atoms with van der Waals surface area (Å²) in [5.74, 6) is 1.50. The van der Waals surface area contributed by atoms with E-state index in [4.69, 9.17) is 19.8 Å². The van der Waals surface area contributed by atoms with Crippen LogP contribution in [0.3, 0.4) is 0 Å². The molecule has 2 rings (SSSR count). The second-order valence-electron chi connectivity index (χ2n) is 3.47. The Morgan fingerprint density at radius 1 is 1.56 bits per heavy atom. The smallest absolute Gasteiger partial charge is 0.243 e. The molecule has 0 aliphatic carbocycles. The largest absolute Gasteiger partial charge is 0.469 e. The minimum Gasteiger partial charge on any atom is -0.469 e. The zero-order valence-electron chi connectivity index (χ0n) is 8.88. The number of aliphatic hydroxyl groups excluding tert-OH is 1. The molecule has 0 amide bonds. The van der Waals surface area contributed by atoms with E-state index in [-0.39, 0.29) is 6.61 Å². The lowest BCUT2D eigenvalue weighted by molar-refractivity contribution is 0.259. The number of rotatable bonds is 4. The average Bonchev–Trinajstić information content (AvgIpc) is 2.86. The summed E-state index contributed by atoms with van der Waals surface area (Å²) in [5.41, 5.74) is 6.51. The van der Waals surface area contributed by atoms with Crippen LogP contribution in [0.15, 0.2) is 21.3 Å². The van der Waals surface area contributed by atoms with Gasteiger partial charge in [0, 0.05) is 6.61 Å². The molecule has 0 radical (unpaired) electrons. The lowest BCUT2D eigenvalue weighted by atomic mass is 10.2. The number of nitrogens with two attached hydrogens (primary N) is 1. The molecule has 16 heavy (non-hydrogen) atoms. The zero-order valence-corrected chi connectivity index (χ0v) is 8.88. The number of aromatic nitrogens is 2.